The Morgan fingerprint density at radius 2 is 1.87 bits per heavy atom. The van der Waals surface area contributed by atoms with E-state index in [1.54, 1.807) is 45.7 Å². The minimum absolute atomic E-state index is 0.00788. The van der Waals surface area contributed by atoms with Crippen LogP contribution in [0.5, 0.6) is 0 Å². The molecule has 9 heteroatoms. The highest BCUT2D eigenvalue weighted by Gasteiger charge is 2.76. The van der Waals surface area contributed by atoms with Gasteiger partial charge in [-0.25, -0.2) is 0 Å². The number of aliphatic hydroxyl groups is 1. The molecule has 1 spiro atoms. The Hall–Kier alpha value is -2.10. The molecule has 3 aliphatic heterocycles. The molecule has 4 rings (SSSR count). The number of hydrogen-bond donors (Lipinski definition) is 1. The summed E-state index contributed by atoms with van der Waals surface area (Å²) < 4.78 is -0.763. The minimum atomic E-state index is -0.791. The third kappa shape index (κ3) is 4.75. The topological polar surface area (TPSA) is 81.2 Å². The fraction of sp³-hybridized carbons (Fsp3) is 0.552. The SMILES string of the molecule is C=CCN(C)C(=O)[C@H]1[C@@H]2SC3(CC2Br)C(C(=O)N(CC=C)C(C)C)N([C@@H](CO)Cc2ccccc2)C(=O)[C@H]13. The molecule has 0 saturated carbocycles. The molecule has 3 aliphatic rings. The summed E-state index contributed by atoms with van der Waals surface area (Å²) in [4.78, 5) is 47.6. The average Bonchev–Trinajstić information content (AvgIpc) is 3.49. The summed E-state index contributed by atoms with van der Waals surface area (Å²) in [5.74, 6) is -1.65. The van der Waals surface area contributed by atoms with Gasteiger partial charge >= 0.3 is 0 Å². The van der Waals surface area contributed by atoms with Gasteiger partial charge in [-0.05, 0) is 32.3 Å². The van der Waals surface area contributed by atoms with Crippen LogP contribution in [0.3, 0.4) is 0 Å². The summed E-state index contributed by atoms with van der Waals surface area (Å²) in [5, 5.41) is 10.5. The summed E-state index contributed by atoms with van der Waals surface area (Å²) in [5.41, 5.74) is 0.973. The molecule has 3 saturated heterocycles. The Bertz CT molecular complexity index is 1080. The van der Waals surface area contributed by atoms with Crippen LogP contribution >= 0.6 is 27.7 Å². The number of hydrogen-bond acceptors (Lipinski definition) is 5. The summed E-state index contributed by atoms with van der Waals surface area (Å²) in [7, 11) is 1.73. The molecule has 0 radical (unpaired) electrons. The van der Waals surface area contributed by atoms with E-state index < -0.39 is 28.7 Å². The zero-order chi connectivity index (χ0) is 27.8. The summed E-state index contributed by atoms with van der Waals surface area (Å²) in [6, 6.07) is 8.21. The van der Waals surface area contributed by atoms with Crippen molar-refractivity contribution in [1.29, 1.82) is 0 Å². The fourth-order valence-electron chi connectivity index (χ4n) is 6.55. The van der Waals surface area contributed by atoms with E-state index in [-0.39, 0.29) is 40.4 Å². The van der Waals surface area contributed by atoms with Gasteiger partial charge in [0.05, 0.1) is 29.2 Å². The first kappa shape index (κ1) is 28.9. The van der Waals surface area contributed by atoms with Crippen molar-refractivity contribution in [3.8, 4) is 0 Å². The number of carbonyl (C=O) groups is 3. The van der Waals surface area contributed by atoms with Crippen molar-refractivity contribution in [3.63, 3.8) is 0 Å². The number of carbonyl (C=O) groups excluding carboxylic acids is 3. The van der Waals surface area contributed by atoms with Crippen LogP contribution in [-0.4, -0.2) is 97.2 Å². The van der Waals surface area contributed by atoms with Gasteiger partial charge in [-0.1, -0.05) is 58.4 Å². The van der Waals surface area contributed by atoms with Gasteiger partial charge in [0.2, 0.25) is 17.7 Å². The fourth-order valence-corrected chi connectivity index (χ4v) is 10.1. The van der Waals surface area contributed by atoms with Gasteiger partial charge in [-0.15, -0.1) is 24.9 Å². The van der Waals surface area contributed by atoms with E-state index in [0.717, 1.165) is 5.56 Å². The molecule has 0 aromatic heterocycles. The highest BCUT2D eigenvalue weighted by atomic mass is 79.9. The van der Waals surface area contributed by atoms with Crippen molar-refractivity contribution in [2.24, 2.45) is 11.8 Å². The molecule has 3 fully saturated rings. The van der Waals surface area contributed by atoms with Gasteiger partial charge in [0.25, 0.3) is 0 Å². The molecule has 3 unspecified atom stereocenters. The number of benzene rings is 1. The van der Waals surface area contributed by atoms with E-state index in [4.69, 9.17) is 0 Å². The third-order valence-corrected chi connectivity index (χ3v) is 11.4. The lowest BCUT2D eigenvalue weighted by atomic mass is 9.70. The highest BCUT2D eigenvalue weighted by molar-refractivity contribution is 9.09. The molecular formula is C29H38BrN3O4S. The van der Waals surface area contributed by atoms with E-state index in [1.807, 2.05) is 44.2 Å². The van der Waals surface area contributed by atoms with Crippen LogP contribution in [0.1, 0.15) is 25.8 Å². The largest absolute Gasteiger partial charge is 0.394 e. The van der Waals surface area contributed by atoms with Crippen LogP contribution in [0.2, 0.25) is 0 Å². The van der Waals surface area contributed by atoms with Crippen LogP contribution in [0.15, 0.2) is 55.6 Å². The molecule has 7 atom stereocenters. The Labute approximate surface area is 238 Å². The molecule has 3 amide bonds. The predicted molar refractivity (Wildman–Crippen MR) is 155 cm³/mol. The Balaban J connectivity index is 1.82. The average molecular weight is 605 g/mol. The number of alkyl halides is 1. The number of likely N-dealkylation sites (N-methyl/N-ethyl adjacent to an activating group) is 1. The second-order valence-electron chi connectivity index (χ2n) is 10.8. The molecule has 0 aliphatic carbocycles. The molecule has 1 N–H and O–H groups in total. The van der Waals surface area contributed by atoms with Crippen molar-refractivity contribution >= 4 is 45.4 Å². The second-order valence-corrected chi connectivity index (χ2v) is 13.5. The Kier molecular flexibility index (Phi) is 8.79. The first-order chi connectivity index (χ1) is 18.1. The monoisotopic (exact) mass is 603 g/mol. The van der Waals surface area contributed by atoms with E-state index >= 15 is 0 Å². The van der Waals surface area contributed by atoms with E-state index in [1.165, 1.54) is 0 Å². The van der Waals surface area contributed by atoms with Gasteiger partial charge in [0, 0.05) is 36.3 Å². The lowest BCUT2D eigenvalue weighted by Gasteiger charge is -2.41. The van der Waals surface area contributed by atoms with Crippen LogP contribution in [-0.2, 0) is 20.8 Å². The van der Waals surface area contributed by atoms with Crippen LogP contribution in [0.4, 0.5) is 0 Å². The number of likely N-dealkylation sites (tertiary alicyclic amines) is 1. The first-order valence-electron chi connectivity index (χ1n) is 13.2. The highest BCUT2D eigenvalue weighted by Crippen LogP contribution is 2.68. The van der Waals surface area contributed by atoms with Crippen molar-refractivity contribution in [1.82, 2.24) is 14.7 Å². The summed E-state index contributed by atoms with van der Waals surface area (Å²) in [6.45, 7) is 12.0. The number of nitrogens with zero attached hydrogens (tertiary/aromatic N) is 3. The summed E-state index contributed by atoms with van der Waals surface area (Å²) in [6.07, 6.45) is 4.39. The summed E-state index contributed by atoms with van der Waals surface area (Å²) >= 11 is 5.43. The molecule has 3 heterocycles. The molecule has 2 bridgehead atoms. The number of rotatable bonds is 11. The number of halogens is 1. The second kappa shape index (κ2) is 11.6. The van der Waals surface area contributed by atoms with E-state index in [9.17, 15) is 19.5 Å². The molecule has 38 heavy (non-hydrogen) atoms. The van der Waals surface area contributed by atoms with E-state index in [0.29, 0.717) is 25.9 Å². The maximum Gasteiger partial charge on any atom is 0.247 e. The predicted octanol–water partition coefficient (Wildman–Crippen LogP) is 3.12. The van der Waals surface area contributed by atoms with Crippen LogP contribution in [0, 0.1) is 11.8 Å². The third-order valence-electron chi connectivity index (χ3n) is 8.18. The van der Waals surface area contributed by atoms with Crippen LogP contribution < -0.4 is 0 Å². The smallest absolute Gasteiger partial charge is 0.247 e. The number of fused-ring (bicyclic) bond motifs is 1. The minimum Gasteiger partial charge on any atom is -0.394 e. The first-order valence-corrected chi connectivity index (χ1v) is 15.0. The lowest BCUT2D eigenvalue weighted by molar-refractivity contribution is -0.147. The molecule has 1 aromatic rings. The number of aliphatic hydroxyl groups excluding tert-OH is 1. The molecule has 7 nitrogen and oxygen atoms in total. The molecule has 1 aromatic carbocycles. The van der Waals surface area contributed by atoms with Gasteiger partial charge in [-0.2, -0.15) is 0 Å². The zero-order valence-electron chi connectivity index (χ0n) is 22.3. The molecular weight excluding hydrogens is 566 g/mol. The Morgan fingerprint density at radius 1 is 1.21 bits per heavy atom. The van der Waals surface area contributed by atoms with Gasteiger partial charge < -0.3 is 19.8 Å². The van der Waals surface area contributed by atoms with Crippen molar-refractivity contribution in [2.75, 3.05) is 26.7 Å². The number of amides is 3. The van der Waals surface area contributed by atoms with Gasteiger partial charge in [0.15, 0.2) is 0 Å². The van der Waals surface area contributed by atoms with Crippen LogP contribution in [0.25, 0.3) is 0 Å². The Morgan fingerprint density at radius 3 is 2.45 bits per heavy atom. The van der Waals surface area contributed by atoms with Crippen molar-refractivity contribution in [3.05, 3.63) is 61.2 Å². The van der Waals surface area contributed by atoms with Crippen molar-refractivity contribution in [2.45, 2.75) is 59.6 Å². The van der Waals surface area contributed by atoms with Gasteiger partial charge in [0.1, 0.15) is 6.04 Å². The zero-order valence-corrected chi connectivity index (χ0v) is 24.7. The van der Waals surface area contributed by atoms with Crippen molar-refractivity contribution < 1.29 is 19.5 Å². The maximum absolute atomic E-state index is 14.4. The number of thioether (sulfide) groups is 1. The molecule has 206 valence electrons. The quantitative estimate of drug-likeness (QED) is 0.310. The maximum atomic E-state index is 14.4. The lowest BCUT2D eigenvalue weighted by Crippen LogP contribution is -2.59. The standard InChI is InChI=1S/C29H38BrN3O4S/c1-6-13-31(5)26(35)22-23-27(36)33(20(17-34)15-19-11-9-8-10-12-19)25(28(37)32(14-7-2)18(3)4)29(23)16-21(30)24(22)38-29/h6-12,18,20-25,34H,1-2,13-17H2,3-5H3/t20-,21?,22-,23+,24-,25?,29?/m1/s1. The normalized spacial score (nSPS) is 30.3. The van der Waals surface area contributed by atoms with E-state index in [2.05, 4.69) is 29.1 Å². The van der Waals surface area contributed by atoms with Gasteiger partial charge in [-0.3, -0.25) is 14.4 Å².